The van der Waals surface area contributed by atoms with Crippen LogP contribution in [0.5, 0.6) is 0 Å². The first-order chi connectivity index (χ1) is 19.4. The number of esters is 1. The van der Waals surface area contributed by atoms with E-state index < -0.39 is 0 Å². The number of carbonyl (C=O) groups excluding carboxylic acids is 1. The van der Waals surface area contributed by atoms with Crippen LogP contribution < -0.4 is 0 Å². The zero-order valence-electron chi connectivity index (χ0n) is 28.0. The molecular formula is C36H72N2O2. The normalized spacial score (nSPS) is 16.9. The Kier molecular flexibility index (Phi) is 24.4. The number of unbranched alkanes of at least 4 members (excludes halogenated alkanes) is 17. The Morgan fingerprint density at radius 2 is 0.975 bits per heavy atom. The van der Waals surface area contributed by atoms with Gasteiger partial charge in [0, 0.05) is 19.5 Å². The van der Waals surface area contributed by atoms with Gasteiger partial charge < -0.3 is 14.5 Å². The second-order valence-electron chi connectivity index (χ2n) is 13.8. The smallest absolute Gasteiger partial charge is 0.305 e. The summed E-state index contributed by atoms with van der Waals surface area (Å²) in [6.45, 7) is 4.84. The summed E-state index contributed by atoms with van der Waals surface area (Å²) in [5, 5.41) is 0. The molecule has 0 N–H and O–H groups in total. The lowest BCUT2D eigenvalue weighted by Crippen LogP contribution is -2.30. The molecule has 238 valence electrons. The maximum absolute atomic E-state index is 11.3. The van der Waals surface area contributed by atoms with Crippen LogP contribution in [0.1, 0.15) is 161 Å². The molecule has 2 unspecified atom stereocenters. The van der Waals surface area contributed by atoms with Crippen LogP contribution in [-0.4, -0.2) is 63.7 Å². The van der Waals surface area contributed by atoms with Gasteiger partial charge in [0.2, 0.25) is 0 Å². The molecule has 4 nitrogen and oxygen atoms in total. The van der Waals surface area contributed by atoms with Gasteiger partial charge in [-0.05, 0) is 72.1 Å². The van der Waals surface area contributed by atoms with E-state index in [9.17, 15) is 4.79 Å². The third-order valence-corrected chi connectivity index (χ3v) is 9.01. The van der Waals surface area contributed by atoms with Crippen LogP contribution in [0, 0.1) is 17.8 Å². The van der Waals surface area contributed by atoms with Gasteiger partial charge in [0.15, 0.2) is 0 Å². The molecule has 4 heteroatoms. The number of rotatable bonds is 30. The van der Waals surface area contributed by atoms with Crippen molar-refractivity contribution in [1.82, 2.24) is 9.80 Å². The number of hydrogen-bond acceptors (Lipinski definition) is 4. The van der Waals surface area contributed by atoms with E-state index in [1.54, 1.807) is 0 Å². The maximum atomic E-state index is 11.3. The van der Waals surface area contributed by atoms with Gasteiger partial charge >= 0.3 is 5.97 Å². The summed E-state index contributed by atoms with van der Waals surface area (Å²) in [6, 6.07) is 0. The summed E-state index contributed by atoms with van der Waals surface area (Å²) in [5.41, 5.74) is 0. The number of ether oxygens (including phenoxy) is 1. The summed E-state index contributed by atoms with van der Waals surface area (Å²) in [5.74, 6) is 2.91. The monoisotopic (exact) mass is 565 g/mol. The average molecular weight is 565 g/mol. The molecule has 1 aliphatic rings. The van der Waals surface area contributed by atoms with Crippen LogP contribution in [0.15, 0.2) is 0 Å². The quantitative estimate of drug-likeness (QED) is 0.0642. The third kappa shape index (κ3) is 24.0. The van der Waals surface area contributed by atoms with Crippen molar-refractivity contribution in [3.8, 4) is 0 Å². The van der Waals surface area contributed by atoms with E-state index in [1.165, 1.54) is 154 Å². The average Bonchev–Trinajstić information content (AvgIpc) is 3.65. The van der Waals surface area contributed by atoms with Crippen LogP contribution in [0.25, 0.3) is 0 Å². The van der Waals surface area contributed by atoms with E-state index in [0.29, 0.717) is 13.0 Å². The molecule has 1 fully saturated rings. The summed E-state index contributed by atoms with van der Waals surface area (Å²) in [7, 11) is 8.83. The zero-order chi connectivity index (χ0) is 29.3. The Balaban J connectivity index is 1.75. The summed E-state index contributed by atoms with van der Waals surface area (Å²) >= 11 is 0. The van der Waals surface area contributed by atoms with Crippen molar-refractivity contribution < 1.29 is 9.53 Å². The largest absolute Gasteiger partial charge is 0.466 e. The standard InChI is InChI=1S/C36H72N2O2/c1-6-40-36(39)29-25-21-17-20-24-28-35-30-34(35)27-23-19-16-14-12-10-8-7-9-11-13-15-18-22-26-33(31-37(2)3)32-38(4)5/h33-35H,6-32H2,1-5H3. The van der Waals surface area contributed by atoms with Gasteiger partial charge in [-0.1, -0.05) is 128 Å². The highest BCUT2D eigenvalue weighted by Gasteiger charge is 2.35. The van der Waals surface area contributed by atoms with Crippen LogP contribution >= 0.6 is 0 Å². The Hall–Kier alpha value is -0.610. The van der Waals surface area contributed by atoms with Crippen LogP contribution in [0.2, 0.25) is 0 Å². The van der Waals surface area contributed by atoms with Crippen molar-refractivity contribution in [2.75, 3.05) is 47.9 Å². The Bertz CT molecular complexity index is 555. The Morgan fingerprint density at radius 1 is 0.600 bits per heavy atom. The van der Waals surface area contributed by atoms with Gasteiger partial charge in [0.1, 0.15) is 0 Å². The summed E-state index contributed by atoms with van der Waals surface area (Å²) in [4.78, 5) is 16.0. The van der Waals surface area contributed by atoms with Crippen LogP contribution in [0.3, 0.4) is 0 Å². The SMILES string of the molecule is CCOC(=O)CCCCCCCC1CC1CCCCCCCCCCCCCCCCC(CN(C)C)CN(C)C. The van der Waals surface area contributed by atoms with E-state index >= 15 is 0 Å². The molecule has 0 amide bonds. The fourth-order valence-corrected chi connectivity index (χ4v) is 6.69. The minimum atomic E-state index is -0.0221. The molecule has 0 aromatic heterocycles. The van der Waals surface area contributed by atoms with Crippen molar-refractivity contribution >= 4 is 5.97 Å². The van der Waals surface area contributed by atoms with Gasteiger partial charge in [0.25, 0.3) is 0 Å². The topological polar surface area (TPSA) is 32.8 Å². The first kappa shape index (κ1) is 37.4. The highest BCUT2D eigenvalue weighted by atomic mass is 16.5. The zero-order valence-corrected chi connectivity index (χ0v) is 28.0. The molecule has 2 atom stereocenters. The second-order valence-corrected chi connectivity index (χ2v) is 13.8. The lowest BCUT2D eigenvalue weighted by molar-refractivity contribution is -0.143. The lowest BCUT2D eigenvalue weighted by atomic mass is 9.99. The van der Waals surface area contributed by atoms with E-state index in [2.05, 4.69) is 38.0 Å². The van der Waals surface area contributed by atoms with Gasteiger partial charge in [-0.25, -0.2) is 0 Å². The molecule has 0 saturated heterocycles. The van der Waals surface area contributed by atoms with Crippen molar-refractivity contribution in [2.24, 2.45) is 17.8 Å². The molecular weight excluding hydrogens is 492 g/mol. The molecule has 40 heavy (non-hydrogen) atoms. The fourth-order valence-electron chi connectivity index (χ4n) is 6.69. The first-order valence-electron chi connectivity index (χ1n) is 17.9. The Morgan fingerprint density at radius 3 is 1.38 bits per heavy atom. The molecule has 0 spiro atoms. The molecule has 1 saturated carbocycles. The third-order valence-electron chi connectivity index (χ3n) is 9.01. The predicted molar refractivity (Wildman–Crippen MR) is 175 cm³/mol. The van der Waals surface area contributed by atoms with E-state index in [4.69, 9.17) is 4.74 Å². The van der Waals surface area contributed by atoms with Crippen molar-refractivity contribution in [3.63, 3.8) is 0 Å². The number of hydrogen-bond donors (Lipinski definition) is 0. The van der Waals surface area contributed by atoms with Gasteiger partial charge in [-0.3, -0.25) is 4.79 Å². The maximum Gasteiger partial charge on any atom is 0.305 e. The number of carbonyl (C=O) groups is 1. The van der Waals surface area contributed by atoms with Gasteiger partial charge in [-0.2, -0.15) is 0 Å². The molecule has 0 bridgehead atoms. The molecule has 0 radical (unpaired) electrons. The lowest BCUT2D eigenvalue weighted by Gasteiger charge is -2.24. The second kappa shape index (κ2) is 26.1. The highest BCUT2D eigenvalue weighted by molar-refractivity contribution is 5.69. The van der Waals surface area contributed by atoms with Crippen LogP contribution in [-0.2, 0) is 9.53 Å². The summed E-state index contributed by atoms with van der Waals surface area (Å²) in [6.07, 6.45) is 33.1. The van der Waals surface area contributed by atoms with E-state index in [1.807, 2.05) is 6.92 Å². The predicted octanol–water partition coefficient (Wildman–Crippen LogP) is 9.90. The summed E-state index contributed by atoms with van der Waals surface area (Å²) < 4.78 is 4.99. The molecule has 1 rings (SSSR count). The van der Waals surface area contributed by atoms with Crippen molar-refractivity contribution in [3.05, 3.63) is 0 Å². The van der Waals surface area contributed by atoms with Gasteiger partial charge in [0.05, 0.1) is 6.61 Å². The molecule has 0 aromatic carbocycles. The molecule has 0 aliphatic heterocycles. The highest BCUT2D eigenvalue weighted by Crippen LogP contribution is 2.45. The molecule has 1 aliphatic carbocycles. The number of nitrogens with zero attached hydrogens (tertiary/aromatic N) is 2. The molecule has 0 aromatic rings. The fraction of sp³-hybridized carbons (Fsp3) is 0.972. The van der Waals surface area contributed by atoms with Crippen LogP contribution in [0.4, 0.5) is 0 Å². The minimum Gasteiger partial charge on any atom is -0.466 e. The minimum absolute atomic E-state index is 0.0221. The van der Waals surface area contributed by atoms with Crippen molar-refractivity contribution in [1.29, 1.82) is 0 Å². The first-order valence-corrected chi connectivity index (χ1v) is 17.9. The van der Waals surface area contributed by atoms with E-state index in [-0.39, 0.29) is 5.97 Å². The van der Waals surface area contributed by atoms with Crippen molar-refractivity contribution in [2.45, 2.75) is 161 Å². The van der Waals surface area contributed by atoms with E-state index in [0.717, 1.165) is 24.2 Å². The van der Waals surface area contributed by atoms with Gasteiger partial charge in [-0.15, -0.1) is 0 Å². The molecule has 0 heterocycles. The Labute approximate surface area is 251 Å².